The van der Waals surface area contributed by atoms with Gasteiger partial charge in [-0.1, -0.05) is 0 Å². The standard InChI is InChI=1S/C15H16N4O3S/c1-22-14-5-3-13(4-6-14)19-10-8-16-15(19)23(20,21)12-11-18-9-2-7-17-18/h2-10H,11-12H2,1H3. The van der Waals surface area contributed by atoms with Gasteiger partial charge in [-0.2, -0.15) is 5.10 Å². The molecule has 3 rings (SSSR count). The second kappa shape index (κ2) is 6.25. The number of nitrogens with zero attached hydrogens (tertiary/aromatic N) is 4. The summed E-state index contributed by atoms with van der Waals surface area (Å²) in [7, 11) is -1.95. The molecule has 0 saturated heterocycles. The third-order valence-electron chi connectivity index (χ3n) is 3.38. The number of sulfone groups is 1. The topological polar surface area (TPSA) is 79.0 Å². The molecule has 120 valence electrons. The van der Waals surface area contributed by atoms with Gasteiger partial charge in [0.25, 0.3) is 0 Å². The van der Waals surface area contributed by atoms with E-state index in [1.807, 2.05) is 0 Å². The summed E-state index contributed by atoms with van der Waals surface area (Å²) in [6, 6.07) is 8.87. The fraction of sp³-hybridized carbons (Fsp3) is 0.200. The van der Waals surface area contributed by atoms with Crippen molar-refractivity contribution >= 4 is 9.84 Å². The Morgan fingerprint density at radius 1 is 1.13 bits per heavy atom. The molecule has 0 aliphatic carbocycles. The molecule has 0 amide bonds. The molecular formula is C15H16N4O3S. The predicted octanol–water partition coefficient (Wildman–Crippen LogP) is 1.55. The maximum Gasteiger partial charge on any atom is 0.232 e. The van der Waals surface area contributed by atoms with E-state index < -0.39 is 9.84 Å². The molecule has 7 nitrogen and oxygen atoms in total. The van der Waals surface area contributed by atoms with E-state index in [1.165, 1.54) is 6.20 Å². The number of hydrogen-bond donors (Lipinski definition) is 0. The minimum absolute atomic E-state index is 0.0230. The lowest BCUT2D eigenvalue weighted by atomic mass is 10.3. The van der Waals surface area contributed by atoms with E-state index in [0.717, 1.165) is 0 Å². The minimum atomic E-state index is -3.53. The molecular weight excluding hydrogens is 316 g/mol. The van der Waals surface area contributed by atoms with Gasteiger partial charge >= 0.3 is 0 Å². The third-order valence-corrected chi connectivity index (χ3v) is 4.96. The molecule has 0 unspecified atom stereocenters. The van der Waals surface area contributed by atoms with Crippen LogP contribution in [0.4, 0.5) is 0 Å². The summed E-state index contributed by atoms with van der Waals surface area (Å²) in [4.78, 5) is 4.02. The fourth-order valence-electron chi connectivity index (χ4n) is 2.20. The van der Waals surface area contributed by atoms with Crippen molar-refractivity contribution < 1.29 is 13.2 Å². The molecule has 0 spiro atoms. The van der Waals surface area contributed by atoms with E-state index in [9.17, 15) is 8.42 Å². The molecule has 23 heavy (non-hydrogen) atoms. The van der Waals surface area contributed by atoms with E-state index >= 15 is 0 Å². The molecule has 0 saturated carbocycles. The fourth-order valence-corrected chi connectivity index (χ4v) is 3.49. The van der Waals surface area contributed by atoms with Gasteiger partial charge in [-0.25, -0.2) is 13.4 Å². The van der Waals surface area contributed by atoms with Gasteiger partial charge in [0.05, 0.1) is 19.4 Å². The highest BCUT2D eigenvalue weighted by Gasteiger charge is 2.21. The summed E-state index contributed by atoms with van der Waals surface area (Å²) in [5.41, 5.74) is 0.709. The first-order valence-electron chi connectivity index (χ1n) is 6.98. The average molecular weight is 332 g/mol. The molecule has 2 heterocycles. The number of imidazole rings is 1. The normalized spacial score (nSPS) is 11.5. The van der Waals surface area contributed by atoms with Gasteiger partial charge in [-0.15, -0.1) is 0 Å². The summed E-state index contributed by atoms with van der Waals surface area (Å²) in [5.74, 6) is 0.638. The number of hydrogen-bond acceptors (Lipinski definition) is 5. The number of ether oxygens (including phenoxy) is 1. The summed E-state index contributed by atoms with van der Waals surface area (Å²) in [6.45, 7) is 0.283. The van der Waals surface area contributed by atoms with Crippen molar-refractivity contribution in [1.82, 2.24) is 19.3 Å². The molecule has 0 N–H and O–H groups in total. The number of methoxy groups -OCH3 is 1. The number of benzene rings is 1. The quantitative estimate of drug-likeness (QED) is 0.684. The number of aryl methyl sites for hydroxylation is 1. The zero-order chi connectivity index (χ0) is 16.3. The maximum atomic E-state index is 12.6. The lowest BCUT2D eigenvalue weighted by Crippen LogP contribution is -2.17. The number of rotatable bonds is 6. The van der Waals surface area contributed by atoms with Gasteiger partial charge in [0, 0.05) is 30.5 Å². The summed E-state index contributed by atoms with van der Waals surface area (Å²) in [5, 5.41) is 4.03. The van der Waals surface area contributed by atoms with E-state index in [-0.39, 0.29) is 17.5 Å². The third kappa shape index (κ3) is 3.26. The highest BCUT2D eigenvalue weighted by atomic mass is 32.2. The molecule has 0 aliphatic heterocycles. The summed E-state index contributed by atoms with van der Waals surface area (Å²) in [6.07, 6.45) is 6.45. The van der Waals surface area contributed by atoms with Crippen LogP contribution in [0.3, 0.4) is 0 Å². The van der Waals surface area contributed by atoms with Crippen LogP contribution in [-0.2, 0) is 16.4 Å². The smallest absolute Gasteiger partial charge is 0.232 e. The Labute approximate surface area is 134 Å². The average Bonchev–Trinajstić information content (AvgIpc) is 3.25. The second-order valence-electron chi connectivity index (χ2n) is 4.87. The molecule has 0 radical (unpaired) electrons. The predicted molar refractivity (Wildman–Crippen MR) is 84.4 cm³/mol. The molecule has 2 aromatic heterocycles. The number of aromatic nitrogens is 4. The van der Waals surface area contributed by atoms with Gasteiger partial charge in [0.1, 0.15) is 5.75 Å². The van der Waals surface area contributed by atoms with Gasteiger partial charge in [-0.3, -0.25) is 9.25 Å². The molecule has 8 heteroatoms. The van der Waals surface area contributed by atoms with E-state index in [0.29, 0.717) is 11.4 Å². The Hall–Kier alpha value is -2.61. The lowest BCUT2D eigenvalue weighted by molar-refractivity contribution is 0.414. The summed E-state index contributed by atoms with van der Waals surface area (Å²) >= 11 is 0. The van der Waals surface area contributed by atoms with Crippen molar-refractivity contribution in [2.24, 2.45) is 0 Å². The van der Waals surface area contributed by atoms with Crippen LogP contribution in [0.1, 0.15) is 0 Å². The first-order chi connectivity index (χ1) is 11.1. The van der Waals surface area contributed by atoms with Gasteiger partial charge in [0.2, 0.25) is 15.0 Å². The highest BCUT2D eigenvalue weighted by molar-refractivity contribution is 7.91. The lowest BCUT2D eigenvalue weighted by Gasteiger charge is -2.09. The Morgan fingerprint density at radius 2 is 1.91 bits per heavy atom. The molecule has 3 aromatic rings. The van der Waals surface area contributed by atoms with Crippen molar-refractivity contribution in [2.75, 3.05) is 12.9 Å². The monoisotopic (exact) mass is 332 g/mol. The first kappa shape index (κ1) is 15.3. The van der Waals surface area contributed by atoms with Crippen LogP contribution in [0.25, 0.3) is 5.69 Å². The SMILES string of the molecule is COc1ccc(-n2ccnc2S(=O)(=O)CCn2cccn2)cc1. The Morgan fingerprint density at radius 3 is 2.57 bits per heavy atom. The first-order valence-corrected chi connectivity index (χ1v) is 8.63. The zero-order valence-corrected chi connectivity index (χ0v) is 13.3. The zero-order valence-electron chi connectivity index (χ0n) is 12.5. The van der Waals surface area contributed by atoms with Crippen LogP contribution < -0.4 is 4.74 Å². The Kier molecular flexibility index (Phi) is 4.16. The molecule has 0 bridgehead atoms. The van der Waals surface area contributed by atoms with Gasteiger partial charge in [0.15, 0.2) is 0 Å². The Balaban J connectivity index is 1.86. The summed E-state index contributed by atoms with van der Waals surface area (Å²) < 4.78 is 33.4. The van der Waals surface area contributed by atoms with Crippen LogP contribution >= 0.6 is 0 Å². The van der Waals surface area contributed by atoms with Crippen molar-refractivity contribution in [1.29, 1.82) is 0 Å². The van der Waals surface area contributed by atoms with Crippen molar-refractivity contribution in [3.63, 3.8) is 0 Å². The molecule has 0 atom stereocenters. The highest BCUT2D eigenvalue weighted by Crippen LogP contribution is 2.19. The van der Waals surface area contributed by atoms with E-state index in [1.54, 1.807) is 65.3 Å². The van der Waals surface area contributed by atoms with Gasteiger partial charge in [-0.05, 0) is 30.3 Å². The van der Waals surface area contributed by atoms with Crippen LogP contribution in [0.2, 0.25) is 0 Å². The van der Waals surface area contributed by atoms with Crippen LogP contribution in [0.5, 0.6) is 5.75 Å². The maximum absolute atomic E-state index is 12.6. The van der Waals surface area contributed by atoms with E-state index in [4.69, 9.17) is 4.74 Å². The van der Waals surface area contributed by atoms with Crippen molar-refractivity contribution in [3.8, 4) is 11.4 Å². The second-order valence-corrected chi connectivity index (χ2v) is 6.87. The van der Waals surface area contributed by atoms with Crippen LogP contribution in [-0.4, -0.2) is 40.6 Å². The Bertz CT molecular complexity index is 868. The van der Waals surface area contributed by atoms with Crippen LogP contribution in [0.15, 0.2) is 60.3 Å². The molecule has 0 aliphatic rings. The van der Waals surface area contributed by atoms with Crippen LogP contribution in [0, 0.1) is 0 Å². The molecule has 1 aromatic carbocycles. The molecule has 0 fully saturated rings. The van der Waals surface area contributed by atoms with Crippen molar-refractivity contribution in [3.05, 3.63) is 55.1 Å². The van der Waals surface area contributed by atoms with E-state index in [2.05, 4.69) is 10.1 Å². The van der Waals surface area contributed by atoms with Crippen molar-refractivity contribution in [2.45, 2.75) is 11.7 Å². The largest absolute Gasteiger partial charge is 0.497 e. The van der Waals surface area contributed by atoms with Gasteiger partial charge < -0.3 is 4.74 Å². The minimum Gasteiger partial charge on any atom is -0.497 e.